The molecule has 0 heterocycles. The molecule has 1 aromatic carbocycles. The number of hydrogen-bond acceptors (Lipinski definition) is 3. The number of esters is 1. The Hall–Kier alpha value is -1.35. The monoisotopic (exact) mass is 277 g/mol. The Morgan fingerprint density at radius 2 is 1.80 bits per heavy atom. The summed E-state index contributed by atoms with van der Waals surface area (Å²) in [6.07, 6.45) is 1.52. The first-order valence-electron chi connectivity index (χ1n) is 7.27. The molecule has 0 fully saturated rings. The minimum Gasteiger partial charge on any atom is -0.469 e. The molecular formula is C17H27NO2. The highest BCUT2D eigenvalue weighted by atomic mass is 16.5. The third kappa shape index (κ3) is 5.33. The van der Waals surface area contributed by atoms with Crippen LogP contribution >= 0.6 is 0 Å². The molecule has 0 spiro atoms. The normalized spacial score (nSPS) is 12.8. The van der Waals surface area contributed by atoms with Gasteiger partial charge in [-0.15, -0.1) is 0 Å². The number of benzene rings is 1. The number of nitrogens with zero attached hydrogens (tertiary/aromatic N) is 1. The summed E-state index contributed by atoms with van der Waals surface area (Å²) in [5.41, 5.74) is 2.26. The van der Waals surface area contributed by atoms with Gasteiger partial charge in [0, 0.05) is 12.6 Å². The van der Waals surface area contributed by atoms with E-state index >= 15 is 0 Å². The van der Waals surface area contributed by atoms with E-state index < -0.39 is 0 Å². The van der Waals surface area contributed by atoms with Gasteiger partial charge in [-0.05, 0) is 37.4 Å². The van der Waals surface area contributed by atoms with Crippen LogP contribution in [0.1, 0.15) is 38.3 Å². The summed E-state index contributed by atoms with van der Waals surface area (Å²) >= 11 is 0. The van der Waals surface area contributed by atoms with Crippen LogP contribution in [0.25, 0.3) is 0 Å². The molecule has 0 aromatic heterocycles. The zero-order chi connectivity index (χ0) is 15.1. The molecule has 0 amide bonds. The second-order valence-electron chi connectivity index (χ2n) is 5.92. The topological polar surface area (TPSA) is 29.5 Å². The van der Waals surface area contributed by atoms with E-state index in [1.165, 1.54) is 19.1 Å². The fourth-order valence-corrected chi connectivity index (χ4v) is 2.40. The number of ether oxygens (including phenoxy) is 1. The minimum atomic E-state index is -0.185. The molecule has 1 atom stereocenters. The predicted molar refractivity (Wildman–Crippen MR) is 82.5 cm³/mol. The molecule has 0 aliphatic rings. The Morgan fingerprint density at radius 3 is 2.35 bits per heavy atom. The van der Waals surface area contributed by atoms with E-state index in [1.54, 1.807) is 0 Å². The van der Waals surface area contributed by atoms with Crippen LogP contribution < -0.4 is 0 Å². The van der Waals surface area contributed by atoms with E-state index in [4.69, 9.17) is 4.74 Å². The molecule has 1 aromatic rings. The molecule has 1 rings (SSSR count). The molecular weight excluding hydrogens is 250 g/mol. The fraction of sp³-hybridized carbons (Fsp3) is 0.588. The van der Waals surface area contributed by atoms with Crippen molar-refractivity contribution in [1.82, 2.24) is 4.90 Å². The summed E-state index contributed by atoms with van der Waals surface area (Å²) < 4.78 is 4.76. The van der Waals surface area contributed by atoms with E-state index in [1.807, 2.05) is 18.2 Å². The molecule has 0 saturated heterocycles. The van der Waals surface area contributed by atoms with Crippen LogP contribution in [0.4, 0.5) is 0 Å². The summed E-state index contributed by atoms with van der Waals surface area (Å²) in [5.74, 6) is 0.507. The van der Waals surface area contributed by atoms with Crippen molar-refractivity contribution >= 4 is 5.97 Å². The molecule has 1 unspecified atom stereocenters. The highest BCUT2D eigenvalue weighted by Crippen LogP contribution is 2.16. The zero-order valence-electron chi connectivity index (χ0n) is 13.3. The zero-order valence-corrected chi connectivity index (χ0v) is 13.3. The standard InChI is InChI=1S/C17H27NO2/c1-13(2)10-14(3)18(4)12-16-9-7-6-8-15(16)11-17(19)20-5/h6-9,13-14H,10-12H2,1-5H3. The van der Waals surface area contributed by atoms with Crippen molar-refractivity contribution in [2.24, 2.45) is 5.92 Å². The molecule has 3 heteroatoms. The van der Waals surface area contributed by atoms with Crippen molar-refractivity contribution in [3.8, 4) is 0 Å². The number of hydrogen-bond donors (Lipinski definition) is 0. The first kappa shape index (κ1) is 16.7. The van der Waals surface area contributed by atoms with Crippen LogP contribution in [0.5, 0.6) is 0 Å². The lowest BCUT2D eigenvalue weighted by Gasteiger charge is -2.27. The van der Waals surface area contributed by atoms with Crippen molar-refractivity contribution < 1.29 is 9.53 Å². The maximum Gasteiger partial charge on any atom is 0.309 e. The Balaban J connectivity index is 2.73. The third-order valence-electron chi connectivity index (χ3n) is 3.67. The van der Waals surface area contributed by atoms with E-state index in [0.29, 0.717) is 18.4 Å². The van der Waals surface area contributed by atoms with Crippen molar-refractivity contribution in [2.45, 2.75) is 46.2 Å². The molecule has 0 N–H and O–H groups in total. The van der Waals surface area contributed by atoms with Crippen LogP contribution in [0.15, 0.2) is 24.3 Å². The van der Waals surface area contributed by atoms with Crippen LogP contribution in [-0.4, -0.2) is 31.1 Å². The second-order valence-corrected chi connectivity index (χ2v) is 5.92. The van der Waals surface area contributed by atoms with Gasteiger partial charge in [-0.1, -0.05) is 38.1 Å². The summed E-state index contributed by atoms with van der Waals surface area (Å²) in [6, 6.07) is 8.63. The van der Waals surface area contributed by atoms with E-state index in [0.717, 1.165) is 12.1 Å². The Morgan fingerprint density at radius 1 is 1.20 bits per heavy atom. The number of methoxy groups -OCH3 is 1. The molecule has 0 radical (unpaired) electrons. The maximum atomic E-state index is 11.5. The molecule has 0 aliphatic carbocycles. The van der Waals surface area contributed by atoms with E-state index in [-0.39, 0.29) is 5.97 Å². The van der Waals surface area contributed by atoms with Gasteiger partial charge in [-0.3, -0.25) is 9.69 Å². The quantitative estimate of drug-likeness (QED) is 0.716. The summed E-state index contributed by atoms with van der Waals surface area (Å²) in [6.45, 7) is 7.61. The summed E-state index contributed by atoms with van der Waals surface area (Å²) in [7, 11) is 3.57. The summed E-state index contributed by atoms with van der Waals surface area (Å²) in [5, 5.41) is 0. The number of carbonyl (C=O) groups is 1. The van der Waals surface area contributed by atoms with Crippen molar-refractivity contribution in [1.29, 1.82) is 0 Å². The fourth-order valence-electron chi connectivity index (χ4n) is 2.40. The Kier molecular flexibility index (Phi) is 6.73. The Labute approximate surface area is 122 Å². The highest BCUT2D eigenvalue weighted by Gasteiger charge is 2.14. The Bertz CT molecular complexity index is 429. The van der Waals surface area contributed by atoms with Gasteiger partial charge >= 0.3 is 5.97 Å². The van der Waals surface area contributed by atoms with E-state index in [9.17, 15) is 4.79 Å². The van der Waals surface area contributed by atoms with Gasteiger partial charge in [0.1, 0.15) is 0 Å². The molecule has 3 nitrogen and oxygen atoms in total. The van der Waals surface area contributed by atoms with Crippen molar-refractivity contribution in [3.63, 3.8) is 0 Å². The molecule has 20 heavy (non-hydrogen) atoms. The van der Waals surface area contributed by atoms with Crippen LogP contribution in [-0.2, 0) is 22.5 Å². The van der Waals surface area contributed by atoms with Gasteiger partial charge in [0.2, 0.25) is 0 Å². The van der Waals surface area contributed by atoms with Crippen molar-refractivity contribution in [2.75, 3.05) is 14.2 Å². The molecule has 112 valence electrons. The lowest BCUT2D eigenvalue weighted by atomic mass is 10.0. The average Bonchev–Trinajstić information content (AvgIpc) is 2.39. The van der Waals surface area contributed by atoms with Gasteiger partial charge < -0.3 is 4.74 Å². The molecule has 0 aliphatic heterocycles. The minimum absolute atomic E-state index is 0.185. The van der Waals surface area contributed by atoms with Gasteiger partial charge in [0.15, 0.2) is 0 Å². The van der Waals surface area contributed by atoms with Gasteiger partial charge in [-0.25, -0.2) is 0 Å². The molecule has 0 bridgehead atoms. The van der Waals surface area contributed by atoms with Crippen LogP contribution in [0.2, 0.25) is 0 Å². The van der Waals surface area contributed by atoms with Crippen molar-refractivity contribution in [3.05, 3.63) is 35.4 Å². The third-order valence-corrected chi connectivity index (χ3v) is 3.67. The van der Waals surface area contributed by atoms with Gasteiger partial charge in [-0.2, -0.15) is 0 Å². The first-order chi connectivity index (χ1) is 9.43. The van der Waals surface area contributed by atoms with Gasteiger partial charge in [0.25, 0.3) is 0 Å². The van der Waals surface area contributed by atoms with E-state index in [2.05, 4.69) is 38.8 Å². The maximum absolute atomic E-state index is 11.5. The average molecular weight is 277 g/mol. The lowest BCUT2D eigenvalue weighted by Crippen LogP contribution is -2.30. The molecule has 0 saturated carbocycles. The number of rotatable bonds is 7. The largest absolute Gasteiger partial charge is 0.469 e. The van der Waals surface area contributed by atoms with Gasteiger partial charge in [0.05, 0.1) is 13.5 Å². The highest BCUT2D eigenvalue weighted by molar-refractivity contribution is 5.72. The SMILES string of the molecule is COC(=O)Cc1ccccc1CN(C)C(C)CC(C)C. The smallest absolute Gasteiger partial charge is 0.309 e. The summed E-state index contributed by atoms with van der Waals surface area (Å²) in [4.78, 5) is 13.8. The lowest BCUT2D eigenvalue weighted by molar-refractivity contribution is -0.139. The predicted octanol–water partition coefficient (Wildman–Crippen LogP) is 3.27. The van der Waals surface area contributed by atoms with Crippen LogP contribution in [0.3, 0.4) is 0 Å². The second kappa shape index (κ2) is 8.05. The number of carbonyl (C=O) groups excluding carboxylic acids is 1. The van der Waals surface area contributed by atoms with Crippen LogP contribution in [0, 0.1) is 5.92 Å². The first-order valence-corrected chi connectivity index (χ1v) is 7.27.